The molecular weight excluding hydrogens is 274 g/mol. The largest absolute Gasteiger partial charge is 0.330 e. The van der Waals surface area contributed by atoms with Gasteiger partial charge in [0.25, 0.3) is 0 Å². The molecule has 0 heterocycles. The zero-order valence-electron chi connectivity index (χ0n) is 11.8. The van der Waals surface area contributed by atoms with Gasteiger partial charge in [-0.3, -0.25) is 0 Å². The van der Waals surface area contributed by atoms with Gasteiger partial charge in [0.1, 0.15) is 0 Å². The Hall–Kier alpha value is -1.26. The number of benzene rings is 1. The number of rotatable bonds is 4. The van der Waals surface area contributed by atoms with Crippen LogP contribution in [0.15, 0.2) is 24.3 Å². The van der Waals surface area contributed by atoms with Gasteiger partial charge < -0.3 is 16.0 Å². The monoisotopic (exact) mass is 295 g/mol. The molecule has 2 amide bonds. The van der Waals surface area contributed by atoms with Crippen molar-refractivity contribution in [1.29, 1.82) is 0 Å². The Labute approximate surface area is 125 Å². The minimum Gasteiger partial charge on any atom is -0.330 e. The lowest BCUT2D eigenvalue weighted by molar-refractivity contribution is 0.175. The van der Waals surface area contributed by atoms with Crippen molar-refractivity contribution in [2.75, 3.05) is 18.4 Å². The van der Waals surface area contributed by atoms with Gasteiger partial charge in [0.05, 0.1) is 0 Å². The fraction of sp³-hybridized carbons (Fsp3) is 0.533. The highest BCUT2D eigenvalue weighted by Crippen LogP contribution is 2.29. The molecule has 3 N–H and O–H groups in total. The van der Waals surface area contributed by atoms with Crippen LogP contribution in [0.1, 0.15) is 26.2 Å². The van der Waals surface area contributed by atoms with Gasteiger partial charge >= 0.3 is 6.03 Å². The van der Waals surface area contributed by atoms with E-state index in [-0.39, 0.29) is 12.1 Å². The molecule has 1 aliphatic rings. The first-order chi connectivity index (χ1) is 9.65. The number of urea groups is 1. The highest BCUT2D eigenvalue weighted by atomic mass is 35.5. The fourth-order valence-corrected chi connectivity index (χ4v) is 3.18. The molecule has 5 heteroatoms. The van der Waals surface area contributed by atoms with Gasteiger partial charge in [0.2, 0.25) is 0 Å². The molecule has 1 aliphatic carbocycles. The van der Waals surface area contributed by atoms with Crippen LogP contribution >= 0.6 is 11.6 Å². The first kappa shape index (κ1) is 15.1. The van der Waals surface area contributed by atoms with Crippen LogP contribution in [-0.4, -0.2) is 30.1 Å². The van der Waals surface area contributed by atoms with E-state index in [0.717, 1.165) is 24.9 Å². The van der Waals surface area contributed by atoms with Gasteiger partial charge in [-0.15, -0.1) is 0 Å². The van der Waals surface area contributed by atoms with E-state index in [4.69, 9.17) is 17.3 Å². The minimum absolute atomic E-state index is 0.0693. The average Bonchev–Trinajstić information content (AvgIpc) is 2.88. The highest BCUT2D eigenvalue weighted by molar-refractivity contribution is 6.30. The van der Waals surface area contributed by atoms with Crippen molar-refractivity contribution in [1.82, 2.24) is 4.90 Å². The van der Waals surface area contributed by atoms with Crippen LogP contribution in [0.4, 0.5) is 10.5 Å². The Bertz CT molecular complexity index is 466. The van der Waals surface area contributed by atoms with Gasteiger partial charge in [-0.25, -0.2) is 4.79 Å². The molecule has 1 aromatic carbocycles. The second-order valence-electron chi connectivity index (χ2n) is 5.22. The molecule has 110 valence electrons. The Morgan fingerprint density at radius 2 is 2.30 bits per heavy atom. The summed E-state index contributed by atoms with van der Waals surface area (Å²) >= 11 is 5.93. The lowest BCUT2D eigenvalue weighted by Gasteiger charge is -2.32. The third-order valence-corrected chi connectivity index (χ3v) is 4.23. The maximum Gasteiger partial charge on any atom is 0.322 e. The molecule has 2 rings (SSSR count). The molecule has 20 heavy (non-hydrogen) atoms. The number of hydrogen-bond acceptors (Lipinski definition) is 2. The van der Waals surface area contributed by atoms with Gasteiger partial charge in [-0.05, 0) is 50.4 Å². The molecule has 1 saturated carbocycles. The van der Waals surface area contributed by atoms with Crippen LogP contribution in [0, 0.1) is 5.92 Å². The van der Waals surface area contributed by atoms with Crippen molar-refractivity contribution in [2.24, 2.45) is 11.7 Å². The van der Waals surface area contributed by atoms with Gasteiger partial charge in [-0.2, -0.15) is 0 Å². The third kappa shape index (κ3) is 3.44. The minimum atomic E-state index is -0.0693. The standard InChI is InChI=1S/C15H22ClN3O/c1-2-19(14-8-3-5-11(14)10-17)15(20)18-13-7-4-6-12(16)9-13/h4,6-7,9,11,14H,2-3,5,8,10,17H2,1H3,(H,18,20). The summed E-state index contributed by atoms with van der Waals surface area (Å²) in [7, 11) is 0. The van der Waals surface area contributed by atoms with Crippen molar-refractivity contribution in [3.05, 3.63) is 29.3 Å². The smallest absolute Gasteiger partial charge is 0.322 e. The van der Waals surface area contributed by atoms with E-state index in [0.29, 0.717) is 24.0 Å². The molecule has 2 unspecified atom stereocenters. The summed E-state index contributed by atoms with van der Waals surface area (Å²) in [6.45, 7) is 3.34. The van der Waals surface area contributed by atoms with E-state index >= 15 is 0 Å². The Morgan fingerprint density at radius 1 is 1.50 bits per heavy atom. The molecule has 0 saturated heterocycles. The summed E-state index contributed by atoms with van der Waals surface area (Å²) in [5.41, 5.74) is 6.54. The summed E-state index contributed by atoms with van der Waals surface area (Å²) in [4.78, 5) is 14.3. The zero-order valence-corrected chi connectivity index (χ0v) is 12.6. The highest BCUT2D eigenvalue weighted by Gasteiger charge is 2.33. The molecule has 1 aromatic rings. The molecule has 0 radical (unpaired) electrons. The van der Waals surface area contributed by atoms with Gasteiger partial charge in [0, 0.05) is 23.3 Å². The lowest BCUT2D eigenvalue weighted by Crippen LogP contribution is -2.46. The molecular formula is C15H22ClN3O. The number of amides is 2. The summed E-state index contributed by atoms with van der Waals surface area (Å²) in [6, 6.07) is 7.39. The van der Waals surface area contributed by atoms with Crippen LogP contribution in [-0.2, 0) is 0 Å². The van der Waals surface area contributed by atoms with E-state index in [1.807, 2.05) is 24.0 Å². The third-order valence-electron chi connectivity index (χ3n) is 4.00. The predicted octanol–water partition coefficient (Wildman–Crippen LogP) is 3.32. The molecule has 4 nitrogen and oxygen atoms in total. The van der Waals surface area contributed by atoms with Crippen LogP contribution < -0.4 is 11.1 Å². The van der Waals surface area contributed by atoms with E-state index in [1.165, 1.54) is 0 Å². The molecule has 2 atom stereocenters. The first-order valence-corrected chi connectivity index (χ1v) is 7.56. The van der Waals surface area contributed by atoms with Crippen molar-refractivity contribution in [2.45, 2.75) is 32.2 Å². The maximum atomic E-state index is 12.4. The average molecular weight is 296 g/mol. The van der Waals surface area contributed by atoms with E-state index in [9.17, 15) is 4.79 Å². The van der Waals surface area contributed by atoms with E-state index < -0.39 is 0 Å². The number of nitrogens with one attached hydrogen (secondary N) is 1. The fourth-order valence-electron chi connectivity index (χ4n) is 2.99. The number of halogens is 1. The van der Waals surface area contributed by atoms with Crippen molar-refractivity contribution < 1.29 is 4.79 Å². The summed E-state index contributed by atoms with van der Waals surface area (Å²) in [5.74, 6) is 0.417. The van der Waals surface area contributed by atoms with E-state index in [1.54, 1.807) is 12.1 Å². The Morgan fingerprint density at radius 3 is 2.95 bits per heavy atom. The molecule has 0 aliphatic heterocycles. The molecule has 0 spiro atoms. The number of carbonyl (C=O) groups is 1. The number of nitrogens with zero attached hydrogens (tertiary/aromatic N) is 1. The Kier molecular flexibility index (Phi) is 5.26. The van der Waals surface area contributed by atoms with Crippen molar-refractivity contribution in [3.63, 3.8) is 0 Å². The van der Waals surface area contributed by atoms with Crippen LogP contribution in [0.25, 0.3) is 0 Å². The topological polar surface area (TPSA) is 58.4 Å². The van der Waals surface area contributed by atoms with Gasteiger partial charge in [-0.1, -0.05) is 24.1 Å². The normalized spacial score (nSPS) is 21.8. The summed E-state index contributed by atoms with van der Waals surface area (Å²) in [5, 5.41) is 3.53. The molecule has 0 bridgehead atoms. The molecule has 0 aromatic heterocycles. The van der Waals surface area contributed by atoms with E-state index in [2.05, 4.69) is 5.32 Å². The maximum absolute atomic E-state index is 12.4. The number of anilines is 1. The summed E-state index contributed by atoms with van der Waals surface area (Å²) in [6.07, 6.45) is 3.30. The molecule has 1 fully saturated rings. The van der Waals surface area contributed by atoms with Crippen molar-refractivity contribution >= 4 is 23.3 Å². The lowest BCUT2D eigenvalue weighted by atomic mass is 10.0. The Balaban J connectivity index is 2.05. The van der Waals surface area contributed by atoms with Crippen LogP contribution in [0.3, 0.4) is 0 Å². The SMILES string of the molecule is CCN(C(=O)Nc1cccc(Cl)c1)C1CCCC1CN. The zero-order chi connectivity index (χ0) is 14.5. The number of hydrogen-bond donors (Lipinski definition) is 2. The second-order valence-corrected chi connectivity index (χ2v) is 5.66. The quantitative estimate of drug-likeness (QED) is 0.895. The van der Waals surface area contributed by atoms with Gasteiger partial charge in [0.15, 0.2) is 0 Å². The number of nitrogens with two attached hydrogens (primary N) is 1. The first-order valence-electron chi connectivity index (χ1n) is 7.19. The van der Waals surface area contributed by atoms with Crippen molar-refractivity contribution in [3.8, 4) is 0 Å². The van der Waals surface area contributed by atoms with Crippen LogP contribution in [0.2, 0.25) is 5.02 Å². The predicted molar refractivity (Wildman–Crippen MR) is 83.0 cm³/mol. The summed E-state index contributed by atoms with van der Waals surface area (Å²) < 4.78 is 0. The van der Waals surface area contributed by atoms with Crippen LogP contribution in [0.5, 0.6) is 0 Å². The number of carbonyl (C=O) groups excluding carboxylic acids is 1. The second kappa shape index (κ2) is 6.95.